The Labute approximate surface area is 102 Å². The molecule has 1 aromatic heterocycles. The summed E-state index contributed by atoms with van der Waals surface area (Å²) in [6, 6.07) is 4.59. The molecule has 4 heteroatoms. The van der Waals surface area contributed by atoms with Crippen molar-refractivity contribution in [1.29, 1.82) is 5.26 Å². The van der Waals surface area contributed by atoms with Gasteiger partial charge in [-0.2, -0.15) is 5.26 Å². The molecule has 92 valence electrons. The molecule has 4 nitrogen and oxygen atoms in total. The maximum absolute atomic E-state index is 9.42. The van der Waals surface area contributed by atoms with Gasteiger partial charge in [-0.05, 0) is 37.3 Å². The SMILES string of the molecule is Cn1cc(CNC2CCC(O)CC2)cc1C#N. The van der Waals surface area contributed by atoms with Crippen LogP contribution in [0.1, 0.15) is 36.9 Å². The highest BCUT2D eigenvalue weighted by atomic mass is 16.3. The van der Waals surface area contributed by atoms with E-state index < -0.39 is 0 Å². The van der Waals surface area contributed by atoms with Gasteiger partial charge in [0.05, 0.1) is 6.10 Å². The van der Waals surface area contributed by atoms with E-state index in [9.17, 15) is 5.11 Å². The lowest BCUT2D eigenvalue weighted by atomic mass is 9.93. The topological polar surface area (TPSA) is 61.0 Å². The summed E-state index contributed by atoms with van der Waals surface area (Å²) in [7, 11) is 1.89. The summed E-state index contributed by atoms with van der Waals surface area (Å²) in [4.78, 5) is 0. The summed E-state index contributed by atoms with van der Waals surface area (Å²) in [6.45, 7) is 0.802. The average Bonchev–Trinajstić information content (AvgIpc) is 2.69. The molecule has 0 aromatic carbocycles. The molecule has 2 rings (SSSR count). The Balaban J connectivity index is 1.83. The van der Waals surface area contributed by atoms with E-state index >= 15 is 0 Å². The number of rotatable bonds is 3. The minimum atomic E-state index is -0.102. The van der Waals surface area contributed by atoms with E-state index in [1.807, 2.05) is 23.9 Å². The highest BCUT2D eigenvalue weighted by molar-refractivity contribution is 5.28. The molecule has 1 aliphatic carbocycles. The maximum Gasteiger partial charge on any atom is 0.120 e. The Morgan fingerprint density at radius 3 is 2.76 bits per heavy atom. The van der Waals surface area contributed by atoms with Crippen LogP contribution in [-0.4, -0.2) is 21.8 Å². The van der Waals surface area contributed by atoms with Crippen molar-refractivity contribution >= 4 is 0 Å². The Hall–Kier alpha value is -1.31. The number of nitrogens with one attached hydrogen (secondary N) is 1. The van der Waals surface area contributed by atoms with Crippen LogP contribution in [0.4, 0.5) is 0 Å². The van der Waals surface area contributed by atoms with Gasteiger partial charge in [0.1, 0.15) is 11.8 Å². The third-order valence-electron chi connectivity index (χ3n) is 3.47. The predicted octanol–water partition coefficient (Wildman–Crippen LogP) is 1.29. The second-order valence-electron chi connectivity index (χ2n) is 4.84. The predicted molar refractivity (Wildman–Crippen MR) is 65.2 cm³/mol. The van der Waals surface area contributed by atoms with Crippen molar-refractivity contribution in [3.63, 3.8) is 0 Å². The molecule has 0 saturated heterocycles. The molecule has 1 fully saturated rings. The molecule has 0 unspecified atom stereocenters. The zero-order valence-electron chi connectivity index (χ0n) is 10.2. The van der Waals surface area contributed by atoms with Gasteiger partial charge in [0.15, 0.2) is 0 Å². The van der Waals surface area contributed by atoms with Crippen molar-refractivity contribution in [3.8, 4) is 6.07 Å². The third kappa shape index (κ3) is 3.09. The van der Waals surface area contributed by atoms with Gasteiger partial charge in [-0.1, -0.05) is 0 Å². The minimum absolute atomic E-state index is 0.102. The van der Waals surface area contributed by atoms with Gasteiger partial charge < -0.3 is 15.0 Å². The molecular formula is C13H19N3O. The number of aliphatic hydroxyl groups is 1. The van der Waals surface area contributed by atoms with Crippen LogP contribution in [0.25, 0.3) is 0 Å². The zero-order chi connectivity index (χ0) is 12.3. The van der Waals surface area contributed by atoms with Gasteiger partial charge in [0.2, 0.25) is 0 Å². The third-order valence-corrected chi connectivity index (χ3v) is 3.47. The van der Waals surface area contributed by atoms with Crippen molar-refractivity contribution in [1.82, 2.24) is 9.88 Å². The molecule has 0 spiro atoms. The molecule has 0 aliphatic heterocycles. The van der Waals surface area contributed by atoms with Crippen LogP contribution in [0.3, 0.4) is 0 Å². The fraction of sp³-hybridized carbons (Fsp3) is 0.615. The molecule has 0 bridgehead atoms. The van der Waals surface area contributed by atoms with Crippen LogP contribution in [-0.2, 0) is 13.6 Å². The zero-order valence-corrected chi connectivity index (χ0v) is 10.2. The van der Waals surface area contributed by atoms with E-state index in [0.717, 1.165) is 37.8 Å². The van der Waals surface area contributed by atoms with Crippen LogP contribution in [0, 0.1) is 11.3 Å². The number of aromatic nitrogens is 1. The first-order valence-electron chi connectivity index (χ1n) is 6.16. The number of hydrogen-bond donors (Lipinski definition) is 2. The maximum atomic E-state index is 9.42. The quantitative estimate of drug-likeness (QED) is 0.827. The molecule has 0 atom stereocenters. The lowest BCUT2D eigenvalue weighted by Crippen LogP contribution is -2.34. The molecule has 1 aromatic rings. The van der Waals surface area contributed by atoms with Crippen molar-refractivity contribution in [2.75, 3.05) is 0 Å². The molecule has 0 radical (unpaired) electrons. The highest BCUT2D eigenvalue weighted by Crippen LogP contribution is 2.18. The number of hydrogen-bond acceptors (Lipinski definition) is 3. The van der Waals surface area contributed by atoms with Crippen LogP contribution in [0.15, 0.2) is 12.3 Å². The van der Waals surface area contributed by atoms with Crippen molar-refractivity contribution in [2.45, 2.75) is 44.4 Å². The first-order valence-corrected chi connectivity index (χ1v) is 6.16. The average molecular weight is 233 g/mol. The summed E-state index contributed by atoms with van der Waals surface area (Å²) in [5, 5.41) is 21.8. The van der Waals surface area contributed by atoms with Crippen molar-refractivity contribution in [2.24, 2.45) is 7.05 Å². The molecular weight excluding hydrogens is 214 g/mol. The van der Waals surface area contributed by atoms with Gasteiger partial charge in [0, 0.05) is 25.8 Å². The summed E-state index contributed by atoms with van der Waals surface area (Å²) in [6.07, 6.45) is 5.77. The lowest BCUT2D eigenvalue weighted by molar-refractivity contribution is 0.116. The number of aryl methyl sites for hydroxylation is 1. The van der Waals surface area contributed by atoms with E-state index in [1.54, 1.807) is 0 Å². The lowest BCUT2D eigenvalue weighted by Gasteiger charge is -2.26. The van der Waals surface area contributed by atoms with Crippen LogP contribution >= 0.6 is 0 Å². The van der Waals surface area contributed by atoms with Crippen LogP contribution in [0.2, 0.25) is 0 Å². The van der Waals surface area contributed by atoms with Gasteiger partial charge in [-0.3, -0.25) is 0 Å². The molecule has 1 heterocycles. The van der Waals surface area contributed by atoms with E-state index in [0.29, 0.717) is 11.7 Å². The van der Waals surface area contributed by atoms with Gasteiger partial charge in [-0.15, -0.1) is 0 Å². The summed E-state index contributed by atoms with van der Waals surface area (Å²) in [5.74, 6) is 0. The summed E-state index contributed by atoms with van der Waals surface area (Å²) < 4.78 is 1.85. The summed E-state index contributed by atoms with van der Waals surface area (Å²) in [5.41, 5.74) is 1.84. The van der Waals surface area contributed by atoms with Crippen LogP contribution < -0.4 is 5.32 Å². The Morgan fingerprint density at radius 1 is 1.47 bits per heavy atom. The highest BCUT2D eigenvalue weighted by Gasteiger charge is 2.18. The van der Waals surface area contributed by atoms with Crippen molar-refractivity contribution in [3.05, 3.63) is 23.5 Å². The smallest absolute Gasteiger partial charge is 0.120 e. The second-order valence-corrected chi connectivity index (χ2v) is 4.84. The normalized spacial score (nSPS) is 24.5. The second kappa shape index (κ2) is 5.35. The van der Waals surface area contributed by atoms with Crippen molar-refractivity contribution < 1.29 is 5.11 Å². The van der Waals surface area contributed by atoms with E-state index in [2.05, 4.69) is 11.4 Å². The number of nitriles is 1. The number of aliphatic hydroxyl groups excluding tert-OH is 1. The van der Waals surface area contributed by atoms with Gasteiger partial charge in [-0.25, -0.2) is 0 Å². The van der Waals surface area contributed by atoms with Crippen LogP contribution in [0.5, 0.6) is 0 Å². The molecule has 17 heavy (non-hydrogen) atoms. The fourth-order valence-electron chi connectivity index (χ4n) is 2.38. The van der Waals surface area contributed by atoms with E-state index in [4.69, 9.17) is 5.26 Å². The van der Waals surface area contributed by atoms with E-state index in [1.165, 1.54) is 0 Å². The first-order chi connectivity index (χ1) is 8.19. The standard InChI is InChI=1S/C13H19N3O/c1-16-9-10(6-12(16)7-14)8-15-11-2-4-13(17)5-3-11/h6,9,11,13,15,17H,2-5,8H2,1H3. The minimum Gasteiger partial charge on any atom is -0.393 e. The largest absolute Gasteiger partial charge is 0.393 e. The Bertz CT molecular complexity index is 411. The number of nitrogens with zero attached hydrogens (tertiary/aromatic N) is 2. The molecule has 1 aliphatic rings. The molecule has 1 saturated carbocycles. The Morgan fingerprint density at radius 2 is 2.18 bits per heavy atom. The van der Waals surface area contributed by atoms with Gasteiger partial charge >= 0.3 is 0 Å². The molecule has 2 N–H and O–H groups in total. The van der Waals surface area contributed by atoms with Gasteiger partial charge in [0.25, 0.3) is 0 Å². The fourth-order valence-corrected chi connectivity index (χ4v) is 2.38. The summed E-state index contributed by atoms with van der Waals surface area (Å²) >= 11 is 0. The Kier molecular flexibility index (Phi) is 3.82. The molecule has 0 amide bonds. The first kappa shape index (κ1) is 12.2. The van der Waals surface area contributed by atoms with E-state index in [-0.39, 0.29) is 6.10 Å². The monoisotopic (exact) mass is 233 g/mol.